The van der Waals surface area contributed by atoms with Crippen LogP contribution in [0.4, 0.5) is 0 Å². The highest BCUT2D eigenvalue weighted by Crippen LogP contribution is 2.23. The second-order valence-corrected chi connectivity index (χ2v) is 8.82. The quantitative estimate of drug-likeness (QED) is 0.487. The van der Waals surface area contributed by atoms with Crippen LogP contribution in [0.3, 0.4) is 0 Å². The van der Waals surface area contributed by atoms with Gasteiger partial charge in [-0.2, -0.15) is 0 Å². The van der Waals surface area contributed by atoms with Gasteiger partial charge in [0.05, 0.1) is 15.5 Å². The Morgan fingerprint density at radius 3 is 2.38 bits per heavy atom. The van der Waals surface area contributed by atoms with E-state index >= 15 is 0 Å². The van der Waals surface area contributed by atoms with Gasteiger partial charge < -0.3 is 4.74 Å². The van der Waals surface area contributed by atoms with E-state index in [1.165, 1.54) is 26.2 Å². The number of sulfonamides is 1. The van der Waals surface area contributed by atoms with Gasteiger partial charge in [0.2, 0.25) is 15.8 Å². The standard InChI is InChI=1S/C17H15BrClNO5S/c1-20(2)26(23,24)11-7-8-15(19)13(9-11)17(22)25-10-16(21)12-5-3-4-6-14(12)18/h3-9H,10H2,1-2H3. The van der Waals surface area contributed by atoms with Gasteiger partial charge in [0.15, 0.2) is 6.61 Å². The Balaban J connectivity index is 2.20. The van der Waals surface area contributed by atoms with E-state index in [0.717, 1.165) is 10.4 Å². The van der Waals surface area contributed by atoms with Crippen molar-refractivity contribution in [3.05, 3.63) is 63.1 Å². The Morgan fingerprint density at radius 1 is 1.12 bits per heavy atom. The molecule has 0 radical (unpaired) electrons. The van der Waals surface area contributed by atoms with Crippen LogP contribution in [0, 0.1) is 0 Å². The van der Waals surface area contributed by atoms with Crippen molar-refractivity contribution in [2.24, 2.45) is 0 Å². The van der Waals surface area contributed by atoms with Crippen molar-refractivity contribution in [2.75, 3.05) is 20.7 Å². The second-order valence-electron chi connectivity index (χ2n) is 5.41. The fourth-order valence-electron chi connectivity index (χ4n) is 2.01. The highest BCUT2D eigenvalue weighted by atomic mass is 79.9. The Kier molecular flexibility index (Phi) is 6.57. The lowest BCUT2D eigenvalue weighted by Crippen LogP contribution is -2.22. The number of rotatable bonds is 6. The van der Waals surface area contributed by atoms with Crippen LogP contribution in [0.25, 0.3) is 0 Å². The van der Waals surface area contributed by atoms with Crippen LogP contribution in [-0.4, -0.2) is 45.2 Å². The number of halogens is 2. The summed E-state index contributed by atoms with van der Waals surface area (Å²) >= 11 is 9.23. The van der Waals surface area contributed by atoms with Gasteiger partial charge >= 0.3 is 5.97 Å². The summed E-state index contributed by atoms with van der Waals surface area (Å²) in [6.45, 7) is -0.498. The van der Waals surface area contributed by atoms with E-state index in [2.05, 4.69) is 15.9 Å². The van der Waals surface area contributed by atoms with Crippen molar-refractivity contribution in [1.29, 1.82) is 0 Å². The predicted octanol–water partition coefficient (Wildman–Crippen LogP) is 3.39. The molecular weight excluding hydrogens is 446 g/mol. The van der Waals surface area contributed by atoms with Crippen LogP contribution in [0.1, 0.15) is 20.7 Å². The van der Waals surface area contributed by atoms with Gasteiger partial charge in [0.1, 0.15) is 0 Å². The zero-order chi connectivity index (χ0) is 19.5. The molecule has 2 rings (SSSR count). The Labute approximate surface area is 164 Å². The molecule has 0 amide bonds. The summed E-state index contributed by atoms with van der Waals surface area (Å²) in [5.74, 6) is -1.29. The molecule has 0 aliphatic carbocycles. The zero-order valence-corrected chi connectivity index (χ0v) is 17.1. The number of esters is 1. The average molecular weight is 461 g/mol. The number of hydrogen-bond acceptors (Lipinski definition) is 5. The molecule has 0 atom stereocenters. The van der Waals surface area contributed by atoms with Gasteiger partial charge in [-0.05, 0) is 24.3 Å². The highest BCUT2D eigenvalue weighted by molar-refractivity contribution is 9.10. The van der Waals surface area contributed by atoms with Gasteiger partial charge in [-0.3, -0.25) is 4.79 Å². The number of Topliss-reactive ketones (excluding diaryl/α,β-unsaturated/α-hetero) is 1. The molecule has 9 heteroatoms. The maximum absolute atomic E-state index is 12.3. The normalized spacial score (nSPS) is 11.4. The molecule has 0 aromatic heterocycles. The fourth-order valence-corrected chi connectivity index (χ4v) is 3.64. The van der Waals surface area contributed by atoms with E-state index < -0.39 is 28.4 Å². The Bertz CT molecular complexity index is 959. The molecule has 0 heterocycles. The zero-order valence-electron chi connectivity index (χ0n) is 13.9. The summed E-state index contributed by atoms with van der Waals surface area (Å²) in [4.78, 5) is 24.3. The van der Waals surface area contributed by atoms with E-state index in [-0.39, 0.29) is 15.5 Å². The lowest BCUT2D eigenvalue weighted by Gasteiger charge is -2.13. The number of carbonyl (C=O) groups is 2. The summed E-state index contributed by atoms with van der Waals surface area (Å²) in [6, 6.07) is 10.4. The molecule has 2 aromatic rings. The minimum absolute atomic E-state index is 0.0287. The second kappa shape index (κ2) is 8.30. The van der Waals surface area contributed by atoms with Crippen LogP contribution >= 0.6 is 27.5 Å². The van der Waals surface area contributed by atoms with Crippen molar-refractivity contribution >= 4 is 49.3 Å². The van der Waals surface area contributed by atoms with Crippen molar-refractivity contribution in [2.45, 2.75) is 4.90 Å². The third kappa shape index (κ3) is 4.50. The Morgan fingerprint density at radius 2 is 1.77 bits per heavy atom. The lowest BCUT2D eigenvalue weighted by molar-refractivity contribution is 0.0474. The van der Waals surface area contributed by atoms with Gasteiger partial charge in [0.25, 0.3) is 0 Å². The van der Waals surface area contributed by atoms with Gasteiger partial charge in [-0.25, -0.2) is 17.5 Å². The number of benzene rings is 2. The molecule has 26 heavy (non-hydrogen) atoms. The number of nitrogens with zero attached hydrogens (tertiary/aromatic N) is 1. The van der Waals surface area contributed by atoms with Crippen LogP contribution in [0.5, 0.6) is 0 Å². The smallest absolute Gasteiger partial charge is 0.340 e. The number of ketones is 1. The first-order valence-electron chi connectivity index (χ1n) is 7.31. The maximum atomic E-state index is 12.3. The van der Waals surface area contributed by atoms with Gasteiger partial charge in [-0.1, -0.05) is 45.7 Å². The highest BCUT2D eigenvalue weighted by Gasteiger charge is 2.22. The third-order valence-corrected chi connectivity index (χ3v) is 6.28. The lowest BCUT2D eigenvalue weighted by atomic mass is 10.1. The van der Waals surface area contributed by atoms with Crippen molar-refractivity contribution < 1.29 is 22.7 Å². The third-order valence-electron chi connectivity index (χ3n) is 3.44. The van der Waals surface area contributed by atoms with Crippen LogP contribution in [0.15, 0.2) is 51.8 Å². The molecule has 0 unspecified atom stereocenters. The molecule has 0 saturated heterocycles. The molecule has 0 saturated carbocycles. The summed E-state index contributed by atoms with van der Waals surface area (Å²) in [5, 5.41) is 0.0287. The van der Waals surface area contributed by atoms with E-state index in [0.29, 0.717) is 10.0 Å². The number of carbonyl (C=O) groups excluding carboxylic acids is 2. The molecule has 0 spiro atoms. The monoisotopic (exact) mass is 459 g/mol. The molecule has 2 aromatic carbocycles. The molecule has 0 fully saturated rings. The minimum atomic E-state index is -3.74. The molecule has 0 aliphatic heterocycles. The SMILES string of the molecule is CN(C)S(=O)(=O)c1ccc(Cl)c(C(=O)OCC(=O)c2ccccc2Br)c1. The first-order chi connectivity index (χ1) is 12.1. The topological polar surface area (TPSA) is 80.8 Å². The summed E-state index contributed by atoms with van der Waals surface area (Å²) in [7, 11) is -0.989. The minimum Gasteiger partial charge on any atom is -0.454 e. The van der Waals surface area contributed by atoms with Crippen molar-refractivity contribution in [1.82, 2.24) is 4.31 Å². The van der Waals surface area contributed by atoms with Crippen molar-refractivity contribution in [3.63, 3.8) is 0 Å². The number of hydrogen-bond donors (Lipinski definition) is 0. The number of ether oxygens (including phenoxy) is 1. The summed E-state index contributed by atoms with van der Waals surface area (Å²) < 4.78 is 31.0. The molecule has 138 valence electrons. The van der Waals surface area contributed by atoms with Gasteiger partial charge in [-0.15, -0.1) is 0 Å². The van der Waals surface area contributed by atoms with Crippen LogP contribution in [0.2, 0.25) is 5.02 Å². The Hall–Kier alpha value is -1.74. The fraction of sp³-hybridized carbons (Fsp3) is 0.176. The van der Waals surface area contributed by atoms with E-state index in [4.69, 9.17) is 16.3 Å². The van der Waals surface area contributed by atoms with Gasteiger partial charge in [0, 0.05) is 24.1 Å². The summed E-state index contributed by atoms with van der Waals surface area (Å²) in [5.41, 5.74) is 0.241. The van der Waals surface area contributed by atoms with E-state index in [1.807, 2.05) is 0 Å². The largest absolute Gasteiger partial charge is 0.454 e. The van der Waals surface area contributed by atoms with E-state index in [9.17, 15) is 18.0 Å². The predicted molar refractivity (Wildman–Crippen MR) is 101 cm³/mol. The van der Waals surface area contributed by atoms with E-state index in [1.54, 1.807) is 24.3 Å². The average Bonchev–Trinajstić information content (AvgIpc) is 2.59. The molecule has 0 N–H and O–H groups in total. The molecular formula is C17H15BrClNO5S. The van der Waals surface area contributed by atoms with Crippen LogP contribution < -0.4 is 0 Å². The first kappa shape index (κ1) is 20.6. The first-order valence-corrected chi connectivity index (χ1v) is 9.92. The molecule has 0 bridgehead atoms. The maximum Gasteiger partial charge on any atom is 0.340 e. The summed E-state index contributed by atoms with van der Waals surface area (Å²) in [6.07, 6.45) is 0. The van der Waals surface area contributed by atoms with Crippen molar-refractivity contribution in [3.8, 4) is 0 Å². The molecule has 0 aliphatic rings. The van der Waals surface area contributed by atoms with Crippen LogP contribution in [-0.2, 0) is 14.8 Å². The molecule has 6 nitrogen and oxygen atoms in total.